The fourth-order valence-corrected chi connectivity index (χ4v) is 2.98. The number of hydrogen-bond acceptors (Lipinski definition) is 9. The number of hydrogen-bond donors (Lipinski definition) is 1. The Bertz CT molecular complexity index is 1200. The molecule has 4 rings (SSSR count). The van der Waals surface area contributed by atoms with E-state index in [0.29, 0.717) is 22.0 Å². The summed E-state index contributed by atoms with van der Waals surface area (Å²) in [5.74, 6) is 0.631. The SMILES string of the molecule is CN(Cn1cnnn1)Oc1cc(-c2cnc(Nc3ccccc3OC(F)F)nc2)ccc1Cl. The van der Waals surface area contributed by atoms with Crippen molar-refractivity contribution in [3.05, 3.63) is 66.2 Å². The molecule has 0 radical (unpaired) electrons. The summed E-state index contributed by atoms with van der Waals surface area (Å²) in [7, 11) is 1.71. The van der Waals surface area contributed by atoms with Gasteiger partial charge in [0.2, 0.25) is 5.95 Å². The number of halogens is 3. The molecule has 33 heavy (non-hydrogen) atoms. The minimum absolute atomic E-state index is 0.00883. The van der Waals surface area contributed by atoms with Crippen molar-refractivity contribution in [1.29, 1.82) is 0 Å². The lowest BCUT2D eigenvalue weighted by Gasteiger charge is -2.18. The van der Waals surface area contributed by atoms with Gasteiger partial charge in [0, 0.05) is 25.0 Å². The van der Waals surface area contributed by atoms with Gasteiger partial charge in [-0.3, -0.25) is 0 Å². The standard InChI is InChI=1S/C20H17ClF2N8O2/c1-30(12-31-11-26-28-29-31)33-18-8-13(6-7-15(18)21)14-9-24-20(25-10-14)27-16-4-2-3-5-17(16)32-19(22)23/h2-11,19H,12H2,1H3,(H,24,25,27). The van der Waals surface area contributed by atoms with Crippen molar-refractivity contribution in [2.24, 2.45) is 0 Å². The Balaban J connectivity index is 1.47. The summed E-state index contributed by atoms with van der Waals surface area (Å²) in [5.41, 5.74) is 1.78. The molecule has 0 aliphatic carbocycles. The first kappa shape index (κ1) is 22.3. The van der Waals surface area contributed by atoms with Gasteiger partial charge < -0.3 is 14.9 Å². The van der Waals surface area contributed by atoms with Gasteiger partial charge in [-0.2, -0.15) is 8.78 Å². The van der Waals surface area contributed by atoms with E-state index in [9.17, 15) is 8.78 Å². The summed E-state index contributed by atoms with van der Waals surface area (Å²) in [6.45, 7) is -2.65. The predicted octanol–water partition coefficient (Wildman–Crippen LogP) is 4.01. The lowest BCUT2D eigenvalue weighted by Crippen LogP contribution is -2.26. The van der Waals surface area contributed by atoms with Crippen LogP contribution in [0.15, 0.2) is 61.2 Å². The van der Waals surface area contributed by atoms with Crippen molar-refractivity contribution < 1.29 is 18.4 Å². The van der Waals surface area contributed by atoms with Gasteiger partial charge in [0.1, 0.15) is 18.7 Å². The zero-order valence-electron chi connectivity index (χ0n) is 17.1. The number of aromatic nitrogens is 6. The summed E-state index contributed by atoms with van der Waals surface area (Å²) in [6.07, 6.45) is 4.64. The maximum atomic E-state index is 12.6. The highest BCUT2D eigenvalue weighted by Gasteiger charge is 2.12. The van der Waals surface area contributed by atoms with Crippen LogP contribution in [0.1, 0.15) is 0 Å². The minimum atomic E-state index is -2.94. The number of ether oxygens (including phenoxy) is 1. The number of alkyl halides is 2. The molecule has 2 aromatic carbocycles. The second kappa shape index (κ2) is 10.1. The highest BCUT2D eigenvalue weighted by atomic mass is 35.5. The molecule has 0 spiro atoms. The molecule has 0 atom stereocenters. The fraction of sp³-hybridized carbons (Fsp3) is 0.150. The van der Waals surface area contributed by atoms with Crippen LogP contribution in [0.2, 0.25) is 5.02 Å². The van der Waals surface area contributed by atoms with Crippen molar-refractivity contribution in [3.8, 4) is 22.6 Å². The highest BCUT2D eigenvalue weighted by molar-refractivity contribution is 6.32. The molecular formula is C20H17ClF2N8O2. The Morgan fingerprint density at radius 2 is 1.88 bits per heavy atom. The van der Waals surface area contributed by atoms with E-state index in [1.807, 2.05) is 0 Å². The topological polar surface area (TPSA) is 103 Å². The second-order valence-electron chi connectivity index (χ2n) is 6.65. The summed E-state index contributed by atoms with van der Waals surface area (Å²) < 4.78 is 31.2. The number of nitrogens with one attached hydrogen (secondary N) is 1. The third kappa shape index (κ3) is 5.87. The Morgan fingerprint density at radius 3 is 2.61 bits per heavy atom. The third-order valence-corrected chi connectivity index (χ3v) is 4.57. The Kier molecular flexibility index (Phi) is 6.86. The van der Waals surface area contributed by atoms with E-state index in [0.717, 1.165) is 5.56 Å². The number of para-hydroxylation sites is 2. The highest BCUT2D eigenvalue weighted by Crippen LogP contribution is 2.31. The van der Waals surface area contributed by atoms with Crippen LogP contribution >= 0.6 is 11.6 Å². The molecule has 0 aliphatic rings. The molecule has 4 aromatic rings. The van der Waals surface area contributed by atoms with Crippen LogP contribution in [0.5, 0.6) is 11.5 Å². The van der Waals surface area contributed by atoms with E-state index in [1.54, 1.807) is 55.8 Å². The molecule has 0 saturated carbocycles. The normalized spacial score (nSPS) is 11.1. The average molecular weight is 475 g/mol. The van der Waals surface area contributed by atoms with Crippen LogP contribution in [-0.4, -0.2) is 48.9 Å². The molecule has 0 bridgehead atoms. The number of anilines is 2. The fourth-order valence-electron chi connectivity index (χ4n) is 2.83. The Morgan fingerprint density at radius 1 is 1.09 bits per heavy atom. The molecule has 170 valence electrons. The monoisotopic (exact) mass is 474 g/mol. The lowest BCUT2D eigenvalue weighted by molar-refractivity contribution is -0.0629. The van der Waals surface area contributed by atoms with E-state index in [1.165, 1.54) is 22.1 Å². The molecule has 10 nitrogen and oxygen atoms in total. The van der Waals surface area contributed by atoms with Gasteiger partial charge in [-0.25, -0.2) is 14.6 Å². The van der Waals surface area contributed by atoms with E-state index >= 15 is 0 Å². The molecule has 1 N–H and O–H groups in total. The number of tetrazole rings is 1. The zero-order valence-corrected chi connectivity index (χ0v) is 17.9. The Labute approximate surface area is 191 Å². The number of rotatable bonds is 9. The van der Waals surface area contributed by atoms with E-state index in [-0.39, 0.29) is 18.4 Å². The molecule has 13 heteroatoms. The maximum absolute atomic E-state index is 12.6. The molecule has 2 heterocycles. The van der Waals surface area contributed by atoms with Crippen molar-refractivity contribution in [3.63, 3.8) is 0 Å². The predicted molar refractivity (Wildman–Crippen MR) is 115 cm³/mol. The van der Waals surface area contributed by atoms with Crippen LogP contribution in [0.25, 0.3) is 11.1 Å². The van der Waals surface area contributed by atoms with Crippen LogP contribution in [0.4, 0.5) is 20.4 Å². The minimum Gasteiger partial charge on any atom is -0.433 e. The molecule has 0 aliphatic heterocycles. The van der Waals surface area contributed by atoms with Crippen LogP contribution < -0.4 is 14.9 Å². The van der Waals surface area contributed by atoms with Gasteiger partial charge in [0.05, 0.1) is 10.7 Å². The first-order valence-corrected chi connectivity index (χ1v) is 9.88. The molecular weight excluding hydrogens is 458 g/mol. The van der Waals surface area contributed by atoms with E-state index < -0.39 is 6.61 Å². The molecule has 0 fully saturated rings. The summed E-state index contributed by atoms with van der Waals surface area (Å²) in [6, 6.07) is 11.5. The summed E-state index contributed by atoms with van der Waals surface area (Å²) in [4.78, 5) is 14.3. The number of benzene rings is 2. The van der Waals surface area contributed by atoms with Crippen LogP contribution in [-0.2, 0) is 6.67 Å². The quantitative estimate of drug-likeness (QED) is 0.360. The largest absolute Gasteiger partial charge is 0.433 e. The molecule has 0 saturated heterocycles. The van der Waals surface area contributed by atoms with Gasteiger partial charge in [-0.1, -0.05) is 29.8 Å². The van der Waals surface area contributed by atoms with E-state index in [2.05, 4.69) is 35.5 Å². The molecule has 0 unspecified atom stereocenters. The van der Waals surface area contributed by atoms with Gasteiger partial charge in [-0.05, 0) is 40.3 Å². The average Bonchev–Trinajstić information content (AvgIpc) is 3.30. The smallest absolute Gasteiger partial charge is 0.387 e. The lowest BCUT2D eigenvalue weighted by atomic mass is 10.1. The Hall–Kier alpha value is -3.90. The number of nitrogens with zero attached hydrogens (tertiary/aromatic N) is 7. The molecule has 0 amide bonds. The van der Waals surface area contributed by atoms with E-state index in [4.69, 9.17) is 16.4 Å². The van der Waals surface area contributed by atoms with Crippen molar-refractivity contribution in [2.45, 2.75) is 13.3 Å². The van der Waals surface area contributed by atoms with Gasteiger partial charge >= 0.3 is 6.61 Å². The molecule has 2 aromatic heterocycles. The zero-order chi connectivity index (χ0) is 23.2. The third-order valence-electron chi connectivity index (χ3n) is 4.26. The first-order chi connectivity index (χ1) is 16.0. The van der Waals surface area contributed by atoms with Crippen molar-refractivity contribution in [2.75, 3.05) is 12.4 Å². The maximum Gasteiger partial charge on any atom is 0.387 e. The van der Waals surface area contributed by atoms with Gasteiger partial charge in [0.15, 0.2) is 5.75 Å². The summed E-state index contributed by atoms with van der Waals surface area (Å²) in [5, 5.41) is 15.7. The number of hydroxylamine groups is 2. The first-order valence-electron chi connectivity index (χ1n) is 9.50. The van der Waals surface area contributed by atoms with Crippen LogP contribution in [0.3, 0.4) is 0 Å². The van der Waals surface area contributed by atoms with Crippen molar-refractivity contribution in [1.82, 2.24) is 35.2 Å². The van der Waals surface area contributed by atoms with Gasteiger partial charge in [0.25, 0.3) is 0 Å². The van der Waals surface area contributed by atoms with Crippen LogP contribution in [0, 0.1) is 0 Å². The second-order valence-corrected chi connectivity index (χ2v) is 7.06. The van der Waals surface area contributed by atoms with Crippen molar-refractivity contribution >= 4 is 23.2 Å². The van der Waals surface area contributed by atoms with Gasteiger partial charge in [-0.15, -0.1) is 10.2 Å². The summed E-state index contributed by atoms with van der Waals surface area (Å²) >= 11 is 6.27.